The molecule has 0 saturated carbocycles. The van der Waals surface area contributed by atoms with Crippen LogP contribution in [0.5, 0.6) is 0 Å². The highest BCUT2D eigenvalue weighted by Gasteiger charge is 2.20. The fourth-order valence-corrected chi connectivity index (χ4v) is 3.08. The molecule has 0 radical (unpaired) electrons. The molecule has 3 rings (SSSR count). The molecule has 1 amide bonds. The summed E-state index contributed by atoms with van der Waals surface area (Å²) >= 11 is 1.47. The quantitative estimate of drug-likeness (QED) is 0.728. The molecule has 0 aliphatic rings. The predicted molar refractivity (Wildman–Crippen MR) is 98.7 cm³/mol. The van der Waals surface area contributed by atoms with E-state index < -0.39 is 0 Å². The minimum Gasteiger partial charge on any atom is -0.267 e. The van der Waals surface area contributed by atoms with E-state index >= 15 is 0 Å². The smallest absolute Gasteiger partial charge is 0.267 e. The summed E-state index contributed by atoms with van der Waals surface area (Å²) < 4.78 is 2.79. The normalized spacial score (nSPS) is 11.7. The molecule has 2 aromatic heterocycles. The van der Waals surface area contributed by atoms with Gasteiger partial charge in [-0.2, -0.15) is 5.10 Å². The second-order valence-electron chi connectivity index (χ2n) is 6.53. The first-order chi connectivity index (χ1) is 11.8. The van der Waals surface area contributed by atoms with Gasteiger partial charge in [0.1, 0.15) is 11.7 Å². The number of fused-ring (bicyclic) bond motifs is 1. The zero-order chi connectivity index (χ0) is 18.2. The SMILES string of the molecule is CSc1ccccc1C(=O)Nn1cnc2c(cnn2C(C)(C)C)c1=O. The Hall–Kier alpha value is -2.61. The third-order valence-corrected chi connectivity index (χ3v) is 4.49. The van der Waals surface area contributed by atoms with Gasteiger partial charge >= 0.3 is 0 Å². The standard InChI is InChI=1S/C17H19N5O2S/c1-17(2,3)22-14-12(9-19-22)16(24)21(10-18-14)20-15(23)11-7-5-6-8-13(11)25-4/h5-10H,1-4H3,(H,20,23). The molecule has 7 nitrogen and oxygen atoms in total. The Morgan fingerprint density at radius 1 is 1.24 bits per heavy atom. The topological polar surface area (TPSA) is 81.8 Å². The molecule has 0 atom stereocenters. The summed E-state index contributed by atoms with van der Waals surface area (Å²) in [6.45, 7) is 5.94. The Kier molecular flexibility index (Phi) is 4.38. The van der Waals surface area contributed by atoms with Crippen molar-refractivity contribution in [1.29, 1.82) is 0 Å². The highest BCUT2D eigenvalue weighted by Crippen LogP contribution is 2.20. The molecule has 0 saturated heterocycles. The first-order valence-corrected chi connectivity index (χ1v) is 8.95. The second-order valence-corrected chi connectivity index (χ2v) is 7.37. The Balaban J connectivity index is 1.99. The third kappa shape index (κ3) is 3.17. The molecule has 2 heterocycles. The number of amides is 1. The Morgan fingerprint density at radius 2 is 1.96 bits per heavy atom. The second kappa shape index (κ2) is 6.36. The molecule has 0 aliphatic heterocycles. The predicted octanol–water partition coefficient (Wildman–Crippen LogP) is 2.45. The van der Waals surface area contributed by atoms with E-state index in [1.54, 1.807) is 16.8 Å². The fraction of sp³-hybridized carbons (Fsp3) is 0.294. The number of hydrogen-bond donors (Lipinski definition) is 1. The van der Waals surface area contributed by atoms with Crippen LogP contribution in [0.3, 0.4) is 0 Å². The van der Waals surface area contributed by atoms with Gasteiger partial charge in [0.2, 0.25) is 0 Å². The Labute approximate surface area is 149 Å². The number of rotatable bonds is 3. The maximum absolute atomic E-state index is 12.6. The number of benzene rings is 1. The monoisotopic (exact) mass is 357 g/mol. The molecule has 8 heteroatoms. The van der Waals surface area contributed by atoms with Gasteiger partial charge in [-0.05, 0) is 39.2 Å². The van der Waals surface area contributed by atoms with Crippen LogP contribution < -0.4 is 11.0 Å². The number of nitrogens with one attached hydrogen (secondary N) is 1. The molecule has 0 aliphatic carbocycles. The van der Waals surface area contributed by atoms with Crippen LogP contribution in [0.25, 0.3) is 11.0 Å². The van der Waals surface area contributed by atoms with Gasteiger partial charge in [0.15, 0.2) is 5.65 Å². The molecule has 130 valence electrons. The molecule has 0 bridgehead atoms. The first-order valence-electron chi connectivity index (χ1n) is 7.73. The van der Waals surface area contributed by atoms with Crippen LogP contribution in [0.4, 0.5) is 0 Å². The molecule has 0 spiro atoms. The highest BCUT2D eigenvalue weighted by atomic mass is 32.2. The van der Waals surface area contributed by atoms with E-state index in [9.17, 15) is 9.59 Å². The van der Waals surface area contributed by atoms with Crippen molar-refractivity contribution in [3.05, 3.63) is 52.7 Å². The number of carbonyl (C=O) groups is 1. The molecule has 1 N–H and O–H groups in total. The van der Waals surface area contributed by atoms with Crippen LogP contribution in [-0.4, -0.2) is 31.6 Å². The van der Waals surface area contributed by atoms with Gasteiger partial charge in [-0.1, -0.05) is 12.1 Å². The van der Waals surface area contributed by atoms with Crippen molar-refractivity contribution in [1.82, 2.24) is 19.4 Å². The molecule has 3 aromatic rings. The van der Waals surface area contributed by atoms with Gasteiger partial charge in [-0.25, -0.2) is 14.3 Å². The summed E-state index contributed by atoms with van der Waals surface area (Å²) in [6.07, 6.45) is 4.69. The molecule has 1 aromatic carbocycles. The van der Waals surface area contributed by atoms with E-state index in [0.717, 1.165) is 9.57 Å². The van der Waals surface area contributed by atoms with Gasteiger partial charge in [0.05, 0.1) is 17.3 Å². The summed E-state index contributed by atoms with van der Waals surface area (Å²) in [5.74, 6) is -0.364. The number of aromatic nitrogens is 4. The lowest BCUT2D eigenvalue weighted by Gasteiger charge is -2.19. The minimum atomic E-state index is -0.365. The van der Waals surface area contributed by atoms with Crippen molar-refractivity contribution >= 4 is 28.7 Å². The van der Waals surface area contributed by atoms with Crippen molar-refractivity contribution in [2.45, 2.75) is 31.2 Å². The maximum Gasteiger partial charge on any atom is 0.283 e. The van der Waals surface area contributed by atoms with Gasteiger partial charge in [0, 0.05) is 4.90 Å². The van der Waals surface area contributed by atoms with Crippen LogP contribution in [0, 0.1) is 0 Å². The highest BCUT2D eigenvalue weighted by molar-refractivity contribution is 7.98. The van der Waals surface area contributed by atoms with Crippen LogP contribution in [0.15, 0.2) is 46.5 Å². The number of thioether (sulfide) groups is 1. The lowest BCUT2D eigenvalue weighted by molar-refractivity contribution is 0.100. The fourth-order valence-electron chi connectivity index (χ4n) is 2.48. The van der Waals surface area contributed by atoms with E-state index in [4.69, 9.17) is 0 Å². The summed E-state index contributed by atoms with van der Waals surface area (Å²) in [5.41, 5.74) is 2.93. The van der Waals surface area contributed by atoms with E-state index in [0.29, 0.717) is 16.6 Å². The lowest BCUT2D eigenvalue weighted by Crippen LogP contribution is -2.33. The van der Waals surface area contributed by atoms with E-state index in [2.05, 4.69) is 15.5 Å². The first kappa shape index (κ1) is 17.2. The largest absolute Gasteiger partial charge is 0.283 e. The van der Waals surface area contributed by atoms with Crippen molar-refractivity contribution in [3.8, 4) is 0 Å². The Bertz CT molecular complexity index is 1000. The minimum absolute atomic E-state index is 0.298. The number of hydrogen-bond acceptors (Lipinski definition) is 5. The summed E-state index contributed by atoms with van der Waals surface area (Å²) in [4.78, 5) is 30.3. The molecular formula is C17H19N5O2S. The zero-order valence-electron chi connectivity index (χ0n) is 14.5. The third-order valence-electron chi connectivity index (χ3n) is 3.70. The van der Waals surface area contributed by atoms with E-state index in [1.165, 1.54) is 24.3 Å². The lowest BCUT2D eigenvalue weighted by atomic mass is 10.1. The number of nitrogens with zero attached hydrogens (tertiary/aromatic N) is 4. The van der Waals surface area contributed by atoms with Gasteiger partial charge < -0.3 is 0 Å². The average Bonchev–Trinajstić information content (AvgIpc) is 3.02. The zero-order valence-corrected chi connectivity index (χ0v) is 15.3. The van der Waals surface area contributed by atoms with Gasteiger partial charge in [0.25, 0.3) is 11.5 Å². The Morgan fingerprint density at radius 3 is 2.64 bits per heavy atom. The van der Waals surface area contributed by atoms with E-state index in [-0.39, 0.29) is 17.0 Å². The van der Waals surface area contributed by atoms with Gasteiger partial charge in [-0.3, -0.25) is 15.0 Å². The molecular weight excluding hydrogens is 338 g/mol. The van der Waals surface area contributed by atoms with E-state index in [1.807, 2.05) is 39.2 Å². The van der Waals surface area contributed by atoms with Crippen LogP contribution in [0.1, 0.15) is 31.1 Å². The van der Waals surface area contributed by atoms with Gasteiger partial charge in [-0.15, -0.1) is 11.8 Å². The average molecular weight is 357 g/mol. The van der Waals surface area contributed by atoms with Crippen molar-refractivity contribution < 1.29 is 4.79 Å². The molecule has 25 heavy (non-hydrogen) atoms. The van der Waals surface area contributed by atoms with Crippen molar-refractivity contribution in [3.63, 3.8) is 0 Å². The number of carbonyl (C=O) groups excluding carboxylic acids is 1. The molecule has 0 fully saturated rings. The summed E-state index contributed by atoms with van der Waals surface area (Å²) in [6, 6.07) is 7.22. The summed E-state index contributed by atoms with van der Waals surface area (Å²) in [7, 11) is 0. The summed E-state index contributed by atoms with van der Waals surface area (Å²) in [5, 5.41) is 4.62. The van der Waals surface area contributed by atoms with Crippen LogP contribution in [0.2, 0.25) is 0 Å². The maximum atomic E-state index is 12.6. The molecule has 0 unspecified atom stereocenters. The van der Waals surface area contributed by atoms with Crippen LogP contribution >= 0.6 is 11.8 Å². The van der Waals surface area contributed by atoms with Crippen molar-refractivity contribution in [2.24, 2.45) is 0 Å². The van der Waals surface area contributed by atoms with Crippen molar-refractivity contribution in [2.75, 3.05) is 11.7 Å². The van der Waals surface area contributed by atoms with Crippen LogP contribution in [-0.2, 0) is 5.54 Å².